The molecule has 0 atom stereocenters. The minimum atomic E-state index is -0.122. The van der Waals surface area contributed by atoms with Crippen LogP contribution in [0.2, 0.25) is 0 Å². The van der Waals surface area contributed by atoms with E-state index in [1.54, 1.807) is 12.4 Å². The predicted molar refractivity (Wildman–Crippen MR) is 125 cm³/mol. The second-order valence-corrected chi connectivity index (χ2v) is 8.51. The molecule has 0 bridgehead atoms. The van der Waals surface area contributed by atoms with Crippen molar-refractivity contribution >= 4 is 34.1 Å². The van der Waals surface area contributed by atoms with Gasteiger partial charge in [0.15, 0.2) is 16.1 Å². The van der Waals surface area contributed by atoms with Crippen LogP contribution in [0.5, 0.6) is 0 Å². The van der Waals surface area contributed by atoms with Gasteiger partial charge in [-0.25, -0.2) is 4.98 Å². The fourth-order valence-corrected chi connectivity index (χ4v) is 4.59. The molecule has 4 aromatic rings. The van der Waals surface area contributed by atoms with E-state index in [0.717, 1.165) is 29.1 Å². The molecule has 3 heterocycles. The molecule has 0 unspecified atom stereocenters. The fourth-order valence-electron chi connectivity index (χ4n) is 3.06. The number of hydrogen-bond acceptors (Lipinski definition) is 7. The van der Waals surface area contributed by atoms with Crippen molar-refractivity contribution in [2.75, 3.05) is 11.1 Å². The molecule has 158 valence electrons. The molecule has 4 rings (SSSR count). The molecule has 1 aromatic carbocycles. The summed E-state index contributed by atoms with van der Waals surface area (Å²) in [5.41, 5.74) is 4.14. The maximum atomic E-state index is 12.5. The third-order valence-electron chi connectivity index (χ3n) is 4.71. The molecule has 0 fully saturated rings. The van der Waals surface area contributed by atoms with E-state index in [-0.39, 0.29) is 11.7 Å². The van der Waals surface area contributed by atoms with Crippen LogP contribution < -0.4 is 5.32 Å². The first kappa shape index (κ1) is 21.2. The van der Waals surface area contributed by atoms with Gasteiger partial charge in [-0.15, -0.1) is 21.5 Å². The number of pyridine rings is 1. The molecule has 0 saturated heterocycles. The number of nitrogens with zero attached hydrogens (tertiary/aromatic N) is 5. The average molecular weight is 451 g/mol. The lowest BCUT2D eigenvalue weighted by Gasteiger charge is -2.07. The summed E-state index contributed by atoms with van der Waals surface area (Å²) in [4.78, 5) is 21.0. The first-order valence-electron chi connectivity index (χ1n) is 9.99. The van der Waals surface area contributed by atoms with E-state index in [1.165, 1.54) is 28.7 Å². The van der Waals surface area contributed by atoms with Gasteiger partial charge < -0.3 is 9.88 Å². The van der Waals surface area contributed by atoms with Crippen LogP contribution in [0.3, 0.4) is 0 Å². The maximum Gasteiger partial charge on any atom is 0.236 e. The molecular weight excluding hydrogens is 428 g/mol. The van der Waals surface area contributed by atoms with Gasteiger partial charge in [0.1, 0.15) is 0 Å². The zero-order valence-corrected chi connectivity index (χ0v) is 18.9. The zero-order chi connectivity index (χ0) is 21.6. The number of thiazole rings is 1. The molecule has 0 saturated carbocycles. The van der Waals surface area contributed by atoms with Crippen molar-refractivity contribution in [3.05, 3.63) is 59.7 Å². The summed E-state index contributed by atoms with van der Waals surface area (Å²) < 4.78 is 1.99. The number of carbonyl (C=O) groups excluding carboxylic acids is 1. The molecule has 7 nitrogen and oxygen atoms in total. The van der Waals surface area contributed by atoms with Crippen LogP contribution in [0.25, 0.3) is 22.6 Å². The standard InChI is InChI=1S/C22H22N6OS2/c1-3-15-5-7-16(8-6-15)18-13-30-21(24-18)25-19(29)14-31-22-27-26-20(28(22)4-2)17-9-11-23-12-10-17/h5-13H,3-4,14H2,1-2H3,(H,24,25,29). The number of carbonyl (C=O) groups is 1. The van der Waals surface area contributed by atoms with Crippen molar-refractivity contribution in [1.82, 2.24) is 24.7 Å². The lowest BCUT2D eigenvalue weighted by atomic mass is 10.1. The number of nitrogens with one attached hydrogen (secondary N) is 1. The molecule has 0 radical (unpaired) electrons. The highest BCUT2D eigenvalue weighted by Crippen LogP contribution is 2.26. The first-order chi connectivity index (χ1) is 15.2. The molecule has 0 aliphatic rings. The number of hydrogen-bond donors (Lipinski definition) is 1. The van der Waals surface area contributed by atoms with Crippen molar-refractivity contribution < 1.29 is 4.79 Å². The van der Waals surface area contributed by atoms with Crippen molar-refractivity contribution in [3.63, 3.8) is 0 Å². The summed E-state index contributed by atoms with van der Waals surface area (Å²) in [5.74, 6) is 0.879. The van der Waals surface area contributed by atoms with Gasteiger partial charge in [-0.1, -0.05) is 43.0 Å². The largest absolute Gasteiger partial charge is 0.302 e. The van der Waals surface area contributed by atoms with Crippen molar-refractivity contribution in [2.45, 2.75) is 32.0 Å². The van der Waals surface area contributed by atoms with Crippen LogP contribution in [0, 0.1) is 0 Å². The number of amides is 1. The van der Waals surface area contributed by atoms with E-state index < -0.39 is 0 Å². The zero-order valence-electron chi connectivity index (χ0n) is 17.3. The number of rotatable bonds is 8. The molecule has 1 amide bonds. The van der Waals surface area contributed by atoms with E-state index in [0.29, 0.717) is 16.8 Å². The lowest BCUT2D eigenvalue weighted by molar-refractivity contribution is -0.113. The number of benzene rings is 1. The summed E-state index contributed by atoms with van der Waals surface area (Å²) in [7, 11) is 0. The minimum absolute atomic E-state index is 0.122. The van der Waals surface area contributed by atoms with Crippen LogP contribution in [-0.2, 0) is 17.8 Å². The first-order valence-corrected chi connectivity index (χ1v) is 11.9. The van der Waals surface area contributed by atoms with Gasteiger partial charge in [0, 0.05) is 35.4 Å². The quantitative estimate of drug-likeness (QED) is 0.389. The molecule has 0 aliphatic carbocycles. The Morgan fingerprint density at radius 2 is 1.84 bits per heavy atom. The maximum absolute atomic E-state index is 12.5. The monoisotopic (exact) mass is 450 g/mol. The Kier molecular flexibility index (Phi) is 6.73. The second-order valence-electron chi connectivity index (χ2n) is 6.71. The van der Waals surface area contributed by atoms with Gasteiger partial charge in [0.05, 0.1) is 11.4 Å². The van der Waals surface area contributed by atoms with E-state index in [4.69, 9.17) is 0 Å². The summed E-state index contributed by atoms with van der Waals surface area (Å²) in [6.45, 7) is 4.87. The van der Waals surface area contributed by atoms with Crippen molar-refractivity contribution in [3.8, 4) is 22.6 Å². The smallest absolute Gasteiger partial charge is 0.236 e. The van der Waals surface area contributed by atoms with Gasteiger partial charge in [-0.05, 0) is 31.0 Å². The Bertz CT molecular complexity index is 1150. The minimum Gasteiger partial charge on any atom is -0.302 e. The van der Waals surface area contributed by atoms with Gasteiger partial charge in [-0.3, -0.25) is 9.78 Å². The number of aryl methyl sites for hydroxylation is 1. The summed E-state index contributed by atoms with van der Waals surface area (Å²) in [5, 5.41) is 14.7. The number of thioether (sulfide) groups is 1. The summed E-state index contributed by atoms with van der Waals surface area (Å²) in [6.07, 6.45) is 4.46. The van der Waals surface area contributed by atoms with E-state index in [2.05, 4.69) is 56.7 Å². The Morgan fingerprint density at radius 1 is 1.06 bits per heavy atom. The van der Waals surface area contributed by atoms with Crippen LogP contribution in [-0.4, -0.2) is 36.4 Å². The topological polar surface area (TPSA) is 85.6 Å². The summed E-state index contributed by atoms with van der Waals surface area (Å²) >= 11 is 2.78. The normalized spacial score (nSPS) is 10.9. The molecule has 1 N–H and O–H groups in total. The summed E-state index contributed by atoms with van der Waals surface area (Å²) in [6, 6.07) is 12.1. The second kappa shape index (κ2) is 9.84. The molecule has 3 aromatic heterocycles. The number of anilines is 1. The SMILES string of the molecule is CCc1ccc(-c2csc(NC(=O)CSc3nnc(-c4ccncc4)n3CC)n2)cc1. The van der Waals surface area contributed by atoms with Crippen LogP contribution in [0.15, 0.2) is 59.3 Å². The van der Waals surface area contributed by atoms with E-state index in [9.17, 15) is 4.79 Å². The molecule has 9 heteroatoms. The average Bonchev–Trinajstić information content (AvgIpc) is 3.45. The van der Waals surface area contributed by atoms with E-state index >= 15 is 0 Å². The van der Waals surface area contributed by atoms with Gasteiger partial charge in [-0.2, -0.15) is 0 Å². The number of aromatic nitrogens is 5. The third kappa shape index (κ3) is 5.00. The molecule has 0 aliphatic heterocycles. The Hall–Kier alpha value is -3.04. The van der Waals surface area contributed by atoms with Crippen LogP contribution in [0.1, 0.15) is 19.4 Å². The predicted octanol–water partition coefficient (Wildman–Crippen LogP) is 4.78. The van der Waals surface area contributed by atoms with Crippen LogP contribution >= 0.6 is 23.1 Å². The Morgan fingerprint density at radius 3 is 2.55 bits per heavy atom. The van der Waals surface area contributed by atoms with Crippen molar-refractivity contribution in [1.29, 1.82) is 0 Å². The fraction of sp³-hybridized carbons (Fsp3) is 0.227. The van der Waals surface area contributed by atoms with Crippen LogP contribution in [0.4, 0.5) is 5.13 Å². The highest BCUT2D eigenvalue weighted by Gasteiger charge is 2.15. The highest BCUT2D eigenvalue weighted by molar-refractivity contribution is 7.99. The third-order valence-corrected chi connectivity index (χ3v) is 6.44. The highest BCUT2D eigenvalue weighted by atomic mass is 32.2. The molecule has 31 heavy (non-hydrogen) atoms. The van der Waals surface area contributed by atoms with Crippen molar-refractivity contribution in [2.24, 2.45) is 0 Å². The van der Waals surface area contributed by atoms with Gasteiger partial charge in [0.25, 0.3) is 0 Å². The van der Waals surface area contributed by atoms with Gasteiger partial charge in [0.2, 0.25) is 5.91 Å². The van der Waals surface area contributed by atoms with Gasteiger partial charge >= 0.3 is 0 Å². The Labute approximate surface area is 189 Å². The Balaban J connectivity index is 1.38. The molecule has 0 spiro atoms. The van der Waals surface area contributed by atoms with E-state index in [1.807, 2.05) is 29.0 Å². The lowest BCUT2D eigenvalue weighted by Crippen LogP contribution is -2.14. The molecular formula is C22H22N6OS2.